The first-order chi connectivity index (χ1) is 13.2. The van der Waals surface area contributed by atoms with Gasteiger partial charge in [-0.15, -0.1) is 36.2 Å². The van der Waals surface area contributed by atoms with Gasteiger partial charge in [-0.1, -0.05) is 13.0 Å². The van der Waals surface area contributed by atoms with Gasteiger partial charge in [0.25, 0.3) is 5.91 Å². The number of rotatable bonds is 6. The van der Waals surface area contributed by atoms with Gasteiger partial charge in [0.2, 0.25) is 0 Å². The zero-order valence-corrected chi connectivity index (χ0v) is 19.2. The molecule has 2 aliphatic rings. The van der Waals surface area contributed by atoms with Gasteiger partial charge in [-0.2, -0.15) is 0 Å². The Balaban J connectivity index is 0.00000150. The van der Waals surface area contributed by atoms with Crippen LogP contribution in [0.5, 0.6) is 0 Å². The van der Waals surface area contributed by atoms with E-state index in [0.717, 1.165) is 63.2 Å². The molecule has 0 bridgehead atoms. The average Bonchev–Trinajstić information content (AvgIpc) is 3.36. The van der Waals surface area contributed by atoms with Crippen molar-refractivity contribution in [3.63, 3.8) is 0 Å². The molecule has 2 aromatic rings. The van der Waals surface area contributed by atoms with Crippen molar-refractivity contribution in [3.05, 3.63) is 51.0 Å². The minimum absolute atomic E-state index is 0. The second kappa shape index (κ2) is 11.3. The van der Waals surface area contributed by atoms with E-state index in [1.165, 1.54) is 22.4 Å². The lowest BCUT2D eigenvalue weighted by molar-refractivity contribution is 0.0949. The molecule has 0 saturated carbocycles. The summed E-state index contributed by atoms with van der Waals surface area (Å²) in [5.41, 5.74) is 4.54. The quantitative estimate of drug-likeness (QED) is 0.696. The Kier molecular flexibility index (Phi) is 9.37. The molecule has 0 unspecified atom stereocenters. The Labute approximate surface area is 189 Å². The second-order valence-electron chi connectivity index (χ2n) is 7.53. The molecule has 1 fully saturated rings. The summed E-state index contributed by atoms with van der Waals surface area (Å²) in [6, 6.07) is 4.74. The van der Waals surface area contributed by atoms with Crippen molar-refractivity contribution in [2.45, 2.75) is 51.7 Å². The fourth-order valence-electron chi connectivity index (χ4n) is 3.94. The van der Waals surface area contributed by atoms with E-state index in [-0.39, 0.29) is 30.7 Å². The van der Waals surface area contributed by atoms with Crippen molar-refractivity contribution in [1.82, 2.24) is 20.5 Å². The highest BCUT2D eigenvalue weighted by atomic mass is 35.5. The van der Waals surface area contributed by atoms with Crippen LogP contribution in [0.3, 0.4) is 0 Å². The Bertz CT molecular complexity index is 790. The van der Waals surface area contributed by atoms with Crippen LogP contribution in [0.25, 0.3) is 0 Å². The molecule has 2 N–H and O–H groups in total. The standard InChI is InChI=1S/C21H28N4OS.2ClH/c1-2-15-5-6-17(23-10-15)12-25-9-7-18-19(14-27-20(18)13-25)21(26)24-11-16-4-3-8-22-16;;/h5-6,10,14,16,22H,2-4,7-9,11-13H2,1H3,(H,24,26);2*1H/t16-;;/m1../s1. The van der Waals surface area contributed by atoms with Crippen molar-refractivity contribution >= 4 is 42.1 Å². The zero-order valence-electron chi connectivity index (χ0n) is 16.8. The maximum Gasteiger partial charge on any atom is 0.252 e. The largest absolute Gasteiger partial charge is 0.350 e. The van der Waals surface area contributed by atoms with Crippen molar-refractivity contribution < 1.29 is 4.79 Å². The third-order valence-corrected chi connectivity index (χ3v) is 6.64. The van der Waals surface area contributed by atoms with Gasteiger partial charge in [0, 0.05) is 48.7 Å². The molecule has 1 saturated heterocycles. The predicted molar refractivity (Wildman–Crippen MR) is 124 cm³/mol. The lowest BCUT2D eigenvalue weighted by Gasteiger charge is -2.27. The number of halogens is 2. The van der Waals surface area contributed by atoms with Gasteiger partial charge in [-0.25, -0.2) is 0 Å². The topological polar surface area (TPSA) is 57.3 Å². The summed E-state index contributed by atoms with van der Waals surface area (Å²) in [5.74, 6) is 0.0893. The van der Waals surface area contributed by atoms with Gasteiger partial charge in [0.1, 0.15) is 0 Å². The Hall–Kier alpha value is -1.18. The molecule has 0 radical (unpaired) electrons. The monoisotopic (exact) mass is 456 g/mol. The average molecular weight is 457 g/mol. The maximum absolute atomic E-state index is 12.6. The highest BCUT2D eigenvalue weighted by Gasteiger charge is 2.24. The highest BCUT2D eigenvalue weighted by molar-refractivity contribution is 7.10. The van der Waals surface area contributed by atoms with E-state index in [1.807, 2.05) is 11.6 Å². The van der Waals surface area contributed by atoms with Crippen molar-refractivity contribution in [2.75, 3.05) is 19.6 Å². The van der Waals surface area contributed by atoms with E-state index in [9.17, 15) is 4.79 Å². The van der Waals surface area contributed by atoms with E-state index in [1.54, 1.807) is 11.3 Å². The van der Waals surface area contributed by atoms with Crippen LogP contribution in [0.1, 0.15) is 51.8 Å². The highest BCUT2D eigenvalue weighted by Crippen LogP contribution is 2.29. The SMILES string of the molecule is CCc1ccc(CN2CCc3c(C(=O)NC[C@H]4CCCN4)csc3C2)nc1.Cl.Cl. The fraction of sp³-hybridized carbons (Fsp3) is 0.524. The Morgan fingerprint density at radius 1 is 1.38 bits per heavy atom. The third-order valence-electron chi connectivity index (χ3n) is 5.62. The Morgan fingerprint density at radius 3 is 2.93 bits per heavy atom. The number of carbonyl (C=O) groups is 1. The van der Waals surface area contributed by atoms with E-state index in [2.05, 4.69) is 39.6 Å². The number of pyridine rings is 1. The van der Waals surface area contributed by atoms with E-state index in [4.69, 9.17) is 0 Å². The number of hydrogen-bond acceptors (Lipinski definition) is 5. The number of carbonyl (C=O) groups excluding carboxylic acids is 1. The van der Waals surface area contributed by atoms with Gasteiger partial charge in [0.15, 0.2) is 0 Å². The number of thiophene rings is 1. The maximum atomic E-state index is 12.6. The summed E-state index contributed by atoms with van der Waals surface area (Å²) in [6.45, 7) is 6.71. The fourth-order valence-corrected chi connectivity index (χ4v) is 5.06. The molecule has 5 nitrogen and oxygen atoms in total. The molecule has 0 spiro atoms. The van der Waals surface area contributed by atoms with Crippen LogP contribution in [0.4, 0.5) is 0 Å². The second-order valence-corrected chi connectivity index (χ2v) is 8.49. The molecular weight excluding hydrogens is 427 g/mol. The zero-order chi connectivity index (χ0) is 18.6. The minimum atomic E-state index is 0. The molecule has 2 aliphatic heterocycles. The third kappa shape index (κ3) is 5.92. The predicted octanol–water partition coefficient (Wildman–Crippen LogP) is 3.59. The van der Waals surface area contributed by atoms with Gasteiger partial charge in [-0.05, 0) is 49.4 Å². The van der Waals surface area contributed by atoms with Crippen molar-refractivity contribution in [2.24, 2.45) is 0 Å². The minimum Gasteiger partial charge on any atom is -0.350 e. The number of nitrogens with zero attached hydrogens (tertiary/aromatic N) is 2. The molecule has 4 heterocycles. The van der Waals surface area contributed by atoms with Crippen LogP contribution in [-0.4, -0.2) is 41.5 Å². The first-order valence-electron chi connectivity index (χ1n) is 10.00. The van der Waals surface area contributed by atoms with Crippen LogP contribution in [0.15, 0.2) is 23.7 Å². The summed E-state index contributed by atoms with van der Waals surface area (Å²) in [6.07, 6.45) is 6.31. The molecule has 0 aromatic carbocycles. The molecule has 0 aliphatic carbocycles. The number of nitrogens with one attached hydrogen (secondary N) is 2. The van der Waals surface area contributed by atoms with Crippen LogP contribution < -0.4 is 10.6 Å². The normalized spacial score (nSPS) is 18.4. The summed E-state index contributed by atoms with van der Waals surface area (Å²) < 4.78 is 0. The Morgan fingerprint density at radius 2 is 2.24 bits per heavy atom. The molecule has 1 amide bonds. The summed E-state index contributed by atoms with van der Waals surface area (Å²) in [7, 11) is 0. The summed E-state index contributed by atoms with van der Waals surface area (Å²) in [5, 5.41) is 8.59. The van der Waals surface area contributed by atoms with Gasteiger partial charge < -0.3 is 10.6 Å². The van der Waals surface area contributed by atoms with E-state index in [0.29, 0.717) is 6.04 Å². The first kappa shape index (κ1) is 24.1. The molecule has 160 valence electrons. The van der Waals surface area contributed by atoms with Gasteiger partial charge in [-0.3, -0.25) is 14.7 Å². The van der Waals surface area contributed by atoms with Gasteiger partial charge in [0.05, 0.1) is 11.3 Å². The van der Waals surface area contributed by atoms with Crippen molar-refractivity contribution in [1.29, 1.82) is 0 Å². The molecule has 1 atom stereocenters. The summed E-state index contributed by atoms with van der Waals surface area (Å²) >= 11 is 1.72. The van der Waals surface area contributed by atoms with Crippen molar-refractivity contribution in [3.8, 4) is 0 Å². The molecule has 2 aromatic heterocycles. The molecule has 4 rings (SSSR count). The number of amides is 1. The molecular formula is C21H30Cl2N4OS. The lowest BCUT2D eigenvalue weighted by atomic mass is 10.0. The molecule has 29 heavy (non-hydrogen) atoms. The number of aryl methyl sites for hydroxylation is 1. The number of hydrogen-bond donors (Lipinski definition) is 2. The number of fused-ring (bicyclic) bond motifs is 1. The molecule has 8 heteroatoms. The van der Waals surface area contributed by atoms with Crippen LogP contribution in [0.2, 0.25) is 0 Å². The van der Waals surface area contributed by atoms with E-state index >= 15 is 0 Å². The number of aromatic nitrogens is 1. The van der Waals surface area contributed by atoms with E-state index < -0.39 is 0 Å². The lowest BCUT2D eigenvalue weighted by Crippen LogP contribution is -2.37. The van der Waals surface area contributed by atoms with Crippen LogP contribution in [0, 0.1) is 0 Å². The van der Waals surface area contributed by atoms with Crippen LogP contribution >= 0.6 is 36.2 Å². The smallest absolute Gasteiger partial charge is 0.252 e. The van der Waals surface area contributed by atoms with Gasteiger partial charge >= 0.3 is 0 Å². The first-order valence-corrected chi connectivity index (χ1v) is 10.9. The summed E-state index contributed by atoms with van der Waals surface area (Å²) in [4.78, 5) is 21.0. The van der Waals surface area contributed by atoms with Crippen LogP contribution in [-0.2, 0) is 25.9 Å².